The number of fused-ring (bicyclic) bond motifs is 2. The van der Waals surface area contributed by atoms with Gasteiger partial charge in [-0.15, -0.1) is 0 Å². The molecule has 0 radical (unpaired) electrons. The molecule has 2 aliphatic rings. The molecule has 0 fully saturated rings. The van der Waals surface area contributed by atoms with Crippen molar-refractivity contribution in [1.29, 1.82) is 0 Å². The molecule has 0 saturated heterocycles. The summed E-state index contributed by atoms with van der Waals surface area (Å²) in [4.78, 5) is 17.9. The van der Waals surface area contributed by atoms with Crippen LogP contribution in [0.4, 0.5) is 8.78 Å². The lowest BCUT2D eigenvalue weighted by Crippen LogP contribution is -2.09. The lowest BCUT2D eigenvalue weighted by molar-refractivity contribution is 0.234. The Kier molecular flexibility index (Phi) is 8.72. The van der Waals surface area contributed by atoms with Crippen LogP contribution < -0.4 is 0 Å². The summed E-state index contributed by atoms with van der Waals surface area (Å²) in [7, 11) is 0. The number of imidazole rings is 2. The standard InChI is InChI=1S/C18H15FIN3.C18H16FN3O/c19-14-3-1-12(2-4-14)17-18(13-7-9-21-10-8-13)23-15(11-20)5-6-16(23)22-17;19-14-3-1-12(2-4-14)17-18(13-7-9-20-10-8-13)22-15(11-23)5-6-16(22)21-17/h1-4,7-10,15H,5-6,11H2;1-4,7-10,15,23H,5-6,11H2/t2*15-/m00/s1. The van der Waals surface area contributed by atoms with Crippen LogP contribution in [0, 0.1) is 11.6 Å². The number of aromatic nitrogens is 6. The summed E-state index contributed by atoms with van der Waals surface area (Å²) in [5, 5.41) is 9.69. The zero-order valence-corrected chi connectivity index (χ0v) is 27.1. The number of hydrogen-bond acceptors (Lipinski definition) is 5. The maximum atomic E-state index is 13.3. The van der Waals surface area contributed by atoms with Gasteiger partial charge >= 0.3 is 0 Å². The highest BCUT2D eigenvalue weighted by Gasteiger charge is 2.30. The zero-order chi connectivity index (χ0) is 31.6. The summed E-state index contributed by atoms with van der Waals surface area (Å²) >= 11 is 2.44. The van der Waals surface area contributed by atoms with Crippen molar-refractivity contribution < 1.29 is 13.9 Å². The molecule has 7 nitrogen and oxygen atoms in total. The van der Waals surface area contributed by atoms with Crippen molar-refractivity contribution in [2.24, 2.45) is 0 Å². The Bertz CT molecular complexity index is 1800. The van der Waals surface area contributed by atoms with Crippen LogP contribution in [0.2, 0.25) is 0 Å². The highest BCUT2D eigenvalue weighted by Crippen LogP contribution is 2.41. The van der Waals surface area contributed by atoms with E-state index in [9.17, 15) is 13.9 Å². The van der Waals surface area contributed by atoms with E-state index >= 15 is 0 Å². The van der Waals surface area contributed by atoms with Crippen molar-refractivity contribution in [2.45, 2.75) is 37.8 Å². The largest absolute Gasteiger partial charge is 0.394 e. The number of aliphatic hydroxyl groups is 1. The minimum atomic E-state index is -0.265. The van der Waals surface area contributed by atoms with Crippen LogP contribution in [-0.4, -0.2) is 45.2 Å². The van der Waals surface area contributed by atoms with E-state index in [-0.39, 0.29) is 24.3 Å². The Morgan fingerprint density at radius 1 is 0.609 bits per heavy atom. The second-order valence-corrected chi connectivity index (χ2v) is 12.3. The number of aryl methyl sites for hydroxylation is 2. The van der Waals surface area contributed by atoms with Crippen molar-refractivity contribution >= 4 is 22.6 Å². The summed E-state index contributed by atoms with van der Waals surface area (Å²) in [6, 6.07) is 21.4. The molecule has 2 aromatic carbocycles. The third-order valence-corrected chi connectivity index (χ3v) is 9.65. The minimum Gasteiger partial charge on any atom is -0.394 e. The van der Waals surface area contributed by atoms with E-state index in [1.807, 2.05) is 24.3 Å². The lowest BCUT2D eigenvalue weighted by atomic mass is 10.0. The summed E-state index contributed by atoms with van der Waals surface area (Å²) in [5.41, 5.74) is 7.77. The van der Waals surface area contributed by atoms with Crippen molar-refractivity contribution in [3.05, 3.63) is 121 Å². The molecule has 0 spiro atoms. The fourth-order valence-electron chi connectivity index (χ4n) is 6.46. The number of halogens is 3. The number of hydrogen-bond donors (Lipinski definition) is 1. The first-order valence-corrected chi connectivity index (χ1v) is 16.8. The summed E-state index contributed by atoms with van der Waals surface area (Å²) in [6.07, 6.45) is 10.9. The molecule has 46 heavy (non-hydrogen) atoms. The van der Waals surface area contributed by atoms with Gasteiger partial charge in [-0.2, -0.15) is 0 Å². The molecule has 0 saturated carbocycles. The normalized spacial score (nSPS) is 16.5. The number of aliphatic hydroxyl groups excluding tert-OH is 1. The van der Waals surface area contributed by atoms with Crippen LogP contribution >= 0.6 is 22.6 Å². The van der Waals surface area contributed by atoms with Crippen LogP contribution in [0.1, 0.15) is 36.6 Å². The number of alkyl halides is 1. The molecule has 6 heterocycles. The smallest absolute Gasteiger partial charge is 0.123 e. The first-order valence-electron chi connectivity index (χ1n) is 15.3. The fourth-order valence-corrected chi connectivity index (χ4v) is 7.29. The van der Waals surface area contributed by atoms with E-state index in [2.05, 4.69) is 41.7 Å². The van der Waals surface area contributed by atoms with Gasteiger partial charge in [0.15, 0.2) is 0 Å². The Morgan fingerprint density at radius 2 is 1.02 bits per heavy atom. The first-order chi connectivity index (χ1) is 22.6. The molecular formula is C36H31F2IN6O. The molecule has 6 aromatic rings. The van der Waals surface area contributed by atoms with E-state index in [1.54, 1.807) is 49.1 Å². The molecule has 0 aliphatic carbocycles. The van der Waals surface area contributed by atoms with E-state index in [4.69, 9.17) is 9.97 Å². The average molecular weight is 729 g/mol. The number of pyridine rings is 2. The van der Waals surface area contributed by atoms with Gasteiger partial charge in [-0.05, 0) is 85.6 Å². The molecule has 1 N–H and O–H groups in total. The second kappa shape index (κ2) is 13.2. The van der Waals surface area contributed by atoms with Gasteiger partial charge in [0.05, 0.1) is 35.4 Å². The molecule has 2 aliphatic heterocycles. The Hall–Kier alpha value is -4.29. The molecular weight excluding hydrogens is 697 g/mol. The first kappa shape index (κ1) is 30.4. The molecule has 8 rings (SSSR count). The lowest BCUT2D eigenvalue weighted by Gasteiger charge is -2.15. The number of nitrogens with zero attached hydrogens (tertiary/aromatic N) is 6. The highest BCUT2D eigenvalue weighted by atomic mass is 127. The number of rotatable bonds is 6. The van der Waals surface area contributed by atoms with Gasteiger partial charge in [0.2, 0.25) is 0 Å². The third-order valence-electron chi connectivity index (χ3n) is 8.63. The minimum absolute atomic E-state index is 0.0369. The SMILES string of the molecule is Fc1ccc(-c2nc3n(c2-c2ccncc2)[C@H](CI)CC3)cc1.OC[C@@H]1CCc2nc(-c3ccc(F)cc3)c(-c3ccncc3)n21. The van der Waals surface area contributed by atoms with Gasteiger partial charge in [0, 0.05) is 70.4 Å². The van der Waals surface area contributed by atoms with Gasteiger partial charge in [0.25, 0.3) is 0 Å². The molecule has 0 bridgehead atoms. The fraction of sp³-hybridized carbons (Fsp3) is 0.222. The van der Waals surface area contributed by atoms with Crippen molar-refractivity contribution in [2.75, 3.05) is 11.0 Å². The monoisotopic (exact) mass is 728 g/mol. The van der Waals surface area contributed by atoms with E-state index in [0.717, 1.165) is 86.8 Å². The van der Waals surface area contributed by atoms with Gasteiger partial charge in [-0.25, -0.2) is 18.7 Å². The summed E-state index contributed by atoms with van der Waals surface area (Å²) in [5.74, 6) is 1.60. The maximum Gasteiger partial charge on any atom is 0.123 e. The summed E-state index contributed by atoms with van der Waals surface area (Å²) < 4.78 is 32.0. The van der Waals surface area contributed by atoms with Gasteiger partial charge < -0.3 is 14.2 Å². The number of benzene rings is 2. The molecule has 0 unspecified atom stereocenters. The summed E-state index contributed by atoms with van der Waals surface area (Å²) in [6.45, 7) is 0.0876. The average Bonchev–Trinajstić information content (AvgIpc) is 3.87. The zero-order valence-electron chi connectivity index (χ0n) is 24.9. The van der Waals surface area contributed by atoms with Crippen LogP contribution in [0.15, 0.2) is 97.6 Å². The Morgan fingerprint density at radius 3 is 1.43 bits per heavy atom. The maximum absolute atomic E-state index is 13.3. The highest BCUT2D eigenvalue weighted by molar-refractivity contribution is 14.1. The van der Waals surface area contributed by atoms with Gasteiger partial charge in [-0.3, -0.25) is 9.97 Å². The third kappa shape index (κ3) is 5.75. The predicted octanol–water partition coefficient (Wildman–Crippen LogP) is 7.90. The van der Waals surface area contributed by atoms with E-state index in [1.165, 1.54) is 24.3 Å². The van der Waals surface area contributed by atoms with Gasteiger partial charge in [0.1, 0.15) is 23.3 Å². The van der Waals surface area contributed by atoms with Crippen LogP contribution in [0.25, 0.3) is 45.0 Å². The molecule has 2 atom stereocenters. The molecule has 10 heteroatoms. The molecule has 0 amide bonds. The second-order valence-electron chi connectivity index (χ2n) is 11.4. The van der Waals surface area contributed by atoms with E-state index < -0.39 is 0 Å². The predicted molar refractivity (Wildman–Crippen MR) is 182 cm³/mol. The quantitative estimate of drug-likeness (QED) is 0.139. The van der Waals surface area contributed by atoms with Crippen LogP contribution in [-0.2, 0) is 12.8 Å². The van der Waals surface area contributed by atoms with Crippen molar-refractivity contribution in [3.63, 3.8) is 0 Å². The Labute approximate surface area is 279 Å². The van der Waals surface area contributed by atoms with Crippen LogP contribution in [0.5, 0.6) is 0 Å². The van der Waals surface area contributed by atoms with Crippen molar-refractivity contribution in [1.82, 2.24) is 29.1 Å². The molecule has 232 valence electrons. The molecule has 4 aromatic heterocycles. The van der Waals surface area contributed by atoms with Crippen LogP contribution in [0.3, 0.4) is 0 Å². The van der Waals surface area contributed by atoms with Crippen molar-refractivity contribution in [3.8, 4) is 45.0 Å². The topological polar surface area (TPSA) is 81.7 Å². The van der Waals surface area contributed by atoms with Gasteiger partial charge in [-0.1, -0.05) is 22.6 Å². The Balaban J connectivity index is 0.000000147. The van der Waals surface area contributed by atoms with E-state index in [0.29, 0.717) is 6.04 Å².